The fourth-order valence-corrected chi connectivity index (χ4v) is 4.01. The minimum atomic E-state index is -0.517. The minimum Gasteiger partial charge on any atom is -0.452 e. The molecule has 0 saturated carbocycles. The third kappa shape index (κ3) is 5.59. The van der Waals surface area contributed by atoms with Gasteiger partial charge in [0.1, 0.15) is 0 Å². The summed E-state index contributed by atoms with van der Waals surface area (Å²) in [5.74, 6) is -0.534. The lowest BCUT2D eigenvalue weighted by Gasteiger charge is -2.40. The van der Waals surface area contributed by atoms with E-state index in [4.69, 9.17) is 9.47 Å². The van der Waals surface area contributed by atoms with Crippen molar-refractivity contribution >= 4 is 35.4 Å². The number of benzene rings is 2. The van der Waals surface area contributed by atoms with E-state index in [-0.39, 0.29) is 37.0 Å². The van der Waals surface area contributed by atoms with Crippen LogP contribution in [0, 0.1) is 0 Å². The first-order valence-electron chi connectivity index (χ1n) is 11.6. The maximum atomic E-state index is 12.9. The molecule has 2 aromatic carbocycles. The zero-order valence-electron chi connectivity index (χ0n) is 21.4. The first kappa shape index (κ1) is 26.5. The molecule has 0 spiro atoms. The van der Waals surface area contributed by atoms with E-state index >= 15 is 0 Å². The average molecular weight is 497 g/mol. The maximum absolute atomic E-state index is 12.9. The molecule has 1 atom stereocenters. The van der Waals surface area contributed by atoms with Crippen LogP contribution in [0.25, 0.3) is 11.1 Å². The molecule has 1 N–H and O–H groups in total. The van der Waals surface area contributed by atoms with Gasteiger partial charge in [-0.3, -0.25) is 19.4 Å². The average Bonchev–Trinajstić information content (AvgIpc) is 2.86. The molecule has 10 heteroatoms. The molecule has 1 aliphatic rings. The minimum absolute atomic E-state index is 0.0423. The molecule has 0 unspecified atom stereocenters. The van der Waals surface area contributed by atoms with Gasteiger partial charge < -0.3 is 19.7 Å². The molecule has 2 aromatic rings. The maximum Gasteiger partial charge on any atom is 0.414 e. The van der Waals surface area contributed by atoms with Crippen LogP contribution < -0.4 is 15.1 Å². The molecule has 3 rings (SSSR count). The number of rotatable bonds is 5. The fraction of sp³-hybridized carbons (Fsp3) is 0.385. The zero-order chi connectivity index (χ0) is 26.6. The molecule has 10 nitrogen and oxygen atoms in total. The van der Waals surface area contributed by atoms with Crippen molar-refractivity contribution in [3.8, 4) is 11.1 Å². The Labute approximate surface area is 210 Å². The van der Waals surface area contributed by atoms with Gasteiger partial charge in [-0.25, -0.2) is 9.59 Å². The van der Waals surface area contributed by atoms with E-state index in [2.05, 4.69) is 5.32 Å². The van der Waals surface area contributed by atoms with E-state index < -0.39 is 12.2 Å². The molecule has 0 aliphatic carbocycles. The van der Waals surface area contributed by atoms with Crippen LogP contribution in [0.5, 0.6) is 0 Å². The number of carbonyl (C=O) groups is 4. The second-order valence-electron chi connectivity index (χ2n) is 8.85. The third-order valence-corrected chi connectivity index (χ3v) is 5.81. The Morgan fingerprint density at radius 3 is 2.25 bits per heavy atom. The van der Waals surface area contributed by atoms with Crippen molar-refractivity contribution in [2.75, 3.05) is 44.1 Å². The summed E-state index contributed by atoms with van der Waals surface area (Å²) in [7, 11) is 4.40. The number of fused-ring (bicyclic) bond motifs is 1. The molecule has 36 heavy (non-hydrogen) atoms. The van der Waals surface area contributed by atoms with E-state index in [1.165, 1.54) is 28.9 Å². The van der Waals surface area contributed by atoms with Crippen molar-refractivity contribution in [1.29, 1.82) is 0 Å². The van der Waals surface area contributed by atoms with Gasteiger partial charge in [-0.1, -0.05) is 18.2 Å². The summed E-state index contributed by atoms with van der Waals surface area (Å²) in [4.78, 5) is 54.0. The Bertz CT molecular complexity index is 1150. The molecule has 0 bridgehead atoms. The van der Waals surface area contributed by atoms with Crippen LogP contribution in [0.2, 0.25) is 0 Å². The number of hydrogen-bond donors (Lipinski definition) is 1. The molecule has 0 saturated heterocycles. The molecule has 0 aromatic heterocycles. The van der Waals surface area contributed by atoms with Gasteiger partial charge in [0, 0.05) is 19.7 Å². The zero-order valence-corrected chi connectivity index (χ0v) is 21.4. The van der Waals surface area contributed by atoms with Crippen LogP contribution in [0.3, 0.4) is 0 Å². The lowest BCUT2D eigenvalue weighted by molar-refractivity contribution is -0.121. The van der Waals surface area contributed by atoms with Crippen LogP contribution in [-0.2, 0) is 14.3 Å². The molecule has 1 aliphatic heterocycles. The number of nitrogens with one attached hydrogen (secondary N) is 1. The summed E-state index contributed by atoms with van der Waals surface area (Å²) in [5.41, 5.74) is 3.09. The Morgan fingerprint density at radius 2 is 1.67 bits per heavy atom. The number of hydrogen-bond acceptors (Lipinski definition) is 6. The van der Waals surface area contributed by atoms with E-state index in [0.29, 0.717) is 16.9 Å². The highest BCUT2D eigenvalue weighted by atomic mass is 16.6. The molecule has 0 fully saturated rings. The lowest BCUT2D eigenvalue weighted by Crippen LogP contribution is -2.52. The quantitative estimate of drug-likeness (QED) is 0.679. The van der Waals surface area contributed by atoms with Gasteiger partial charge in [-0.05, 0) is 56.2 Å². The summed E-state index contributed by atoms with van der Waals surface area (Å²) >= 11 is 0. The highest BCUT2D eigenvalue weighted by Gasteiger charge is 2.36. The standard InChI is InChI=1S/C26H32N4O6/c1-16(2)36-25(33)29-14-17(3)30(26(34)35-6)21-12-11-20(13-22(21)29)18-7-9-19(10-8-18)24(32)28(5)15-23(31)27-4/h7-13,16-17H,14-15H2,1-6H3,(H,27,31)/t17-/m0/s1. The van der Waals surface area contributed by atoms with Crippen molar-refractivity contribution in [1.82, 2.24) is 10.2 Å². The number of anilines is 2. The van der Waals surface area contributed by atoms with E-state index in [9.17, 15) is 19.2 Å². The highest BCUT2D eigenvalue weighted by molar-refractivity contribution is 6.02. The molecule has 4 amide bonds. The van der Waals surface area contributed by atoms with Crippen molar-refractivity contribution in [2.45, 2.75) is 32.9 Å². The summed E-state index contributed by atoms with van der Waals surface area (Å²) < 4.78 is 10.4. The number of methoxy groups -OCH3 is 1. The van der Waals surface area contributed by atoms with Crippen LogP contribution >= 0.6 is 0 Å². The Morgan fingerprint density at radius 1 is 1.03 bits per heavy atom. The molecule has 192 valence electrons. The number of carbonyl (C=O) groups excluding carboxylic acids is 4. The Kier molecular flexibility index (Phi) is 8.18. The monoisotopic (exact) mass is 496 g/mol. The van der Waals surface area contributed by atoms with Crippen LogP contribution in [-0.4, -0.2) is 75.3 Å². The van der Waals surface area contributed by atoms with Gasteiger partial charge in [0.2, 0.25) is 5.91 Å². The van der Waals surface area contributed by atoms with Crippen molar-refractivity contribution in [2.24, 2.45) is 0 Å². The fourth-order valence-electron chi connectivity index (χ4n) is 4.01. The van der Waals surface area contributed by atoms with Gasteiger partial charge in [-0.2, -0.15) is 0 Å². The van der Waals surface area contributed by atoms with Crippen molar-refractivity contribution < 1.29 is 28.7 Å². The predicted octanol–water partition coefficient (Wildman–Crippen LogP) is 3.50. The Hall–Kier alpha value is -4.08. The van der Waals surface area contributed by atoms with Gasteiger partial charge >= 0.3 is 12.2 Å². The number of nitrogens with zero attached hydrogens (tertiary/aromatic N) is 3. The predicted molar refractivity (Wildman–Crippen MR) is 136 cm³/mol. The summed E-state index contributed by atoms with van der Waals surface area (Å²) in [6.45, 7) is 5.58. The first-order valence-corrected chi connectivity index (χ1v) is 11.6. The summed E-state index contributed by atoms with van der Waals surface area (Å²) in [6.07, 6.45) is -1.32. The second kappa shape index (κ2) is 11.1. The first-order chi connectivity index (χ1) is 17.1. The molecule has 0 radical (unpaired) electrons. The van der Waals surface area contributed by atoms with Gasteiger partial charge in [-0.15, -0.1) is 0 Å². The highest BCUT2D eigenvalue weighted by Crippen LogP contribution is 2.39. The van der Waals surface area contributed by atoms with Crippen LogP contribution in [0.4, 0.5) is 21.0 Å². The largest absolute Gasteiger partial charge is 0.452 e. The Balaban J connectivity index is 1.96. The van der Waals surface area contributed by atoms with Crippen molar-refractivity contribution in [3.05, 3.63) is 48.0 Å². The molecular weight excluding hydrogens is 464 g/mol. The number of amides is 4. The second-order valence-corrected chi connectivity index (χ2v) is 8.85. The number of likely N-dealkylation sites (N-methyl/N-ethyl adjacent to an activating group) is 2. The normalized spacial score (nSPS) is 14.7. The van der Waals surface area contributed by atoms with Gasteiger partial charge in [0.15, 0.2) is 0 Å². The van der Waals surface area contributed by atoms with E-state index in [0.717, 1.165) is 11.1 Å². The van der Waals surface area contributed by atoms with Crippen LogP contribution in [0.15, 0.2) is 42.5 Å². The summed E-state index contributed by atoms with van der Waals surface area (Å²) in [6, 6.07) is 12.1. The lowest BCUT2D eigenvalue weighted by atomic mass is 10.00. The SMILES string of the molecule is CNC(=O)CN(C)C(=O)c1ccc(-c2ccc3c(c2)N(C(=O)OC(C)C)C[C@H](C)N3C(=O)OC)cc1. The topological polar surface area (TPSA) is 108 Å². The molecule has 1 heterocycles. The van der Waals surface area contributed by atoms with Gasteiger partial charge in [0.25, 0.3) is 5.91 Å². The molecular formula is C26H32N4O6. The van der Waals surface area contributed by atoms with Crippen molar-refractivity contribution in [3.63, 3.8) is 0 Å². The third-order valence-electron chi connectivity index (χ3n) is 5.81. The van der Waals surface area contributed by atoms with Crippen LogP contribution in [0.1, 0.15) is 31.1 Å². The van der Waals surface area contributed by atoms with E-state index in [1.54, 1.807) is 51.2 Å². The van der Waals surface area contributed by atoms with Gasteiger partial charge in [0.05, 0.1) is 43.7 Å². The summed E-state index contributed by atoms with van der Waals surface area (Å²) in [5, 5.41) is 2.49. The van der Waals surface area contributed by atoms with E-state index in [1.807, 2.05) is 19.1 Å². The smallest absolute Gasteiger partial charge is 0.414 e. The number of ether oxygens (including phenoxy) is 2.